The molecule has 0 aliphatic heterocycles. The van der Waals surface area contributed by atoms with E-state index in [-0.39, 0.29) is 5.54 Å². The maximum atomic E-state index is 6.40. The fourth-order valence-electron chi connectivity index (χ4n) is 2.02. The molecular formula is C16H23ClN4. The van der Waals surface area contributed by atoms with Crippen molar-refractivity contribution in [3.8, 4) is 5.82 Å². The molecule has 1 N–H and O–H groups in total. The van der Waals surface area contributed by atoms with Gasteiger partial charge in [-0.1, -0.05) is 11.6 Å². The Morgan fingerprint density at radius 1 is 1.24 bits per heavy atom. The SMILES string of the molecule is Cc1nn(-c2ncc(CNC(C)(C)C)cc2Cl)c(C)c1C. The highest BCUT2D eigenvalue weighted by atomic mass is 35.5. The van der Waals surface area contributed by atoms with E-state index in [1.165, 1.54) is 5.56 Å². The van der Waals surface area contributed by atoms with Crippen LogP contribution in [0.5, 0.6) is 0 Å². The predicted molar refractivity (Wildman–Crippen MR) is 87.2 cm³/mol. The van der Waals surface area contributed by atoms with Crippen LogP contribution >= 0.6 is 11.6 Å². The van der Waals surface area contributed by atoms with E-state index in [4.69, 9.17) is 11.6 Å². The molecule has 0 bridgehead atoms. The van der Waals surface area contributed by atoms with Crippen molar-refractivity contribution in [2.75, 3.05) is 0 Å². The van der Waals surface area contributed by atoms with Crippen LogP contribution in [-0.4, -0.2) is 20.3 Å². The number of hydrogen-bond acceptors (Lipinski definition) is 3. The summed E-state index contributed by atoms with van der Waals surface area (Å²) in [6.07, 6.45) is 1.85. The molecule has 2 heterocycles. The number of hydrogen-bond donors (Lipinski definition) is 1. The lowest BCUT2D eigenvalue weighted by molar-refractivity contribution is 0.424. The molecule has 0 fully saturated rings. The largest absolute Gasteiger partial charge is 0.308 e. The monoisotopic (exact) mass is 306 g/mol. The molecule has 114 valence electrons. The minimum absolute atomic E-state index is 0.0674. The third kappa shape index (κ3) is 3.63. The van der Waals surface area contributed by atoms with Gasteiger partial charge in [0.1, 0.15) is 0 Å². The molecule has 0 radical (unpaired) electrons. The van der Waals surface area contributed by atoms with Crippen LogP contribution in [0.2, 0.25) is 5.02 Å². The number of nitrogens with one attached hydrogen (secondary N) is 1. The maximum absolute atomic E-state index is 6.40. The van der Waals surface area contributed by atoms with Gasteiger partial charge < -0.3 is 5.32 Å². The molecule has 2 rings (SSSR count). The van der Waals surface area contributed by atoms with Gasteiger partial charge in [-0.2, -0.15) is 5.10 Å². The molecule has 5 heteroatoms. The van der Waals surface area contributed by atoms with E-state index < -0.39 is 0 Å². The summed E-state index contributed by atoms with van der Waals surface area (Å²) in [6, 6.07) is 1.95. The van der Waals surface area contributed by atoms with Gasteiger partial charge in [-0.25, -0.2) is 9.67 Å². The van der Waals surface area contributed by atoms with E-state index in [2.05, 4.69) is 43.1 Å². The Bertz CT molecular complexity index is 653. The molecule has 0 aliphatic rings. The van der Waals surface area contributed by atoms with Gasteiger partial charge in [0.15, 0.2) is 5.82 Å². The average molecular weight is 307 g/mol. The van der Waals surface area contributed by atoms with Crippen LogP contribution in [0.4, 0.5) is 0 Å². The van der Waals surface area contributed by atoms with E-state index in [0.717, 1.165) is 23.5 Å². The number of nitrogens with zero attached hydrogens (tertiary/aromatic N) is 3. The second-order valence-electron chi connectivity index (χ2n) is 6.46. The molecule has 0 atom stereocenters. The minimum atomic E-state index is 0.0674. The van der Waals surface area contributed by atoms with Gasteiger partial charge in [-0.3, -0.25) is 0 Å². The molecule has 2 aromatic rings. The van der Waals surface area contributed by atoms with E-state index in [0.29, 0.717) is 10.8 Å². The molecule has 21 heavy (non-hydrogen) atoms. The number of aromatic nitrogens is 3. The number of pyridine rings is 1. The Balaban J connectivity index is 2.29. The van der Waals surface area contributed by atoms with Crippen LogP contribution in [0.15, 0.2) is 12.3 Å². The molecule has 0 unspecified atom stereocenters. The van der Waals surface area contributed by atoms with Gasteiger partial charge in [0.05, 0.1) is 10.7 Å². The zero-order chi connectivity index (χ0) is 15.8. The molecule has 0 aromatic carbocycles. The summed E-state index contributed by atoms with van der Waals surface area (Å²) in [7, 11) is 0. The first-order valence-corrected chi connectivity index (χ1v) is 7.49. The fraction of sp³-hybridized carbons (Fsp3) is 0.500. The van der Waals surface area contributed by atoms with Gasteiger partial charge in [0.2, 0.25) is 0 Å². The Morgan fingerprint density at radius 3 is 2.38 bits per heavy atom. The Morgan fingerprint density at radius 2 is 1.90 bits per heavy atom. The van der Waals surface area contributed by atoms with Crippen LogP contribution in [0, 0.1) is 20.8 Å². The third-order valence-electron chi connectivity index (χ3n) is 3.55. The van der Waals surface area contributed by atoms with Crippen molar-refractivity contribution in [3.05, 3.63) is 39.8 Å². The van der Waals surface area contributed by atoms with Gasteiger partial charge >= 0.3 is 0 Å². The maximum Gasteiger partial charge on any atom is 0.172 e. The smallest absolute Gasteiger partial charge is 0.172 e. The molecule has 0 saturated heterocycles. The Labute approximate surface area is 131 Å². The van der Waals surface area contributed by atoms with Crippen LogP contribution in [0.3, 0.4) is 0 Å². The molecule has 4 nitrogen and oxygen atoms in total. The Kier molecular flexibility index (Phi) is 4.40. The first-order chi connectivity index (χ1) is 9.69. The van der Waals surface area contributed by atoms with Gasteiger partial charge in [0.25, 0.3) is 0 Å². The van der Waals surface area contributed by atoms with Crippen molar-refractivity contribution >= 4 is 11.6 Å². The van der Waals surface area contributed by atoms with Crippen molar-refractivity contribution < 1.29 is 0 Å². The normalized spacial score (nSPS) is 12.0. The third-order valence-corrected chi connectivity index (χ3v) is 3.83. The summed E-state index contributed by atoms with van der Waals surface area (Å²) < 4.78 is 1.81. The van der Waals surface area contributed by atoms with E-state index >= 15 is 0 Å². The lowest BCUT2D eigenvalue weighted by Crippen LogP contribution is -2.35. The van der Waals surface area contributed by atoms with Crippen molar-refractivity contribution in [1.82, 2.24) is 20.1 Å². The van der Waals surface area contributed by atoms with E-state index in [1.54, 1.807) is 0 Å². The van der Waals surface area contributed by atoms with Crippen LogP contribution < -0.4 is 5.32 Å². The molecule has 0 spiro atoms. The average Bonchev–Trinajstić information content (AvgIpc) is 2.63. The van der Waals surface area contributed by atoms with Gasteiger partial charge in [-0.15, -0.1) is 0 Å². The highest BCUT2D eigenvalue weighted by Gasteiger charge is 2.14. The summed E-state index contributed by atoms with van der Waals surface area (Å²) in [5.74, 6) is 0.685. The minimum Gasteiger partial charge on any atom is -0.308 e. The topological polar surface area (TPSA) is 42.7 Å². The van der Waals surface area contributed by atoms with Crippen molar-refractivity contribution in [1.29, 1.82) is 0 Å². The molecule has 0 aliphatic carbocycles. The zero-order valence-electron chi connectivity index (χ0n) is 13.6. The summed E-state index contributed by atoms with van der Waals surface area (Å²) in [5, 5.41) is 8.56. The van der Waals surface area contributed by atoms with Gasteiger partial charge in [-0.05, 0) is 58.7 Å². The standard InChI is InChI=1S/C16H23ClN4/c1-10-11(2)20-21(12(10)3)15-14(17)7-13(8-18-15)9-19-16(4,5)6/h7-8,19H,9H2,1-6H3. The van der Waals surface area contributed by atoms with Crippen molar-refractivity contribution in [2.24, 2.45) is 0 Å². The molecule has 2 aromatic heterocycles. The number of rotatable bonds is 3. The quantitative estimate of drug-likeness (QED) is 0.939. The second kappa shape index (κ2) is 5.78. The molecule has 0 amide bonds. The number of aryl methyl sites for hydroxylation is 1. The predicted octanol–water partition coefficient (Wildman–Crippen LogP) is 3.73. The van der Waals surface area contributed by atoms with Crippen LogP contribution in [0.1, 0.15) is 43.3 Å². The van der Waals surface area contributed by atoms with Gasteiger partial charge in [0, 0.05) is 24.0 Å². The van der Waals surface area contributed by atoms with Crippen LogP contribution in [0.25, 0.3) is 5.82 Å². The zero-order valence-corrected chi connectivity index (χ0v) is 14.3. The first kappa shape index (κ1) is 16.0. The van der Waals surface area contributed by atoms with E-state index in [9.17, 15) is 0 Å². The summed E-state index contributed by atoms with van der Waals surface area (Å²) in [4.78, 5) is 4.49. The van der Waals surface area contributed by atoms with Crippen molar-refractivity contribution in [3.63, 3.8) is 0 Å². The highest BCUT2D eigenvalue weighted by Crippen LogP contribution is 2.23. The summed E-state index contributed by atoms with van der Waals surface area (Å²) >= 11 is 6.40. The highest BCUT2D eigenvalue weighted by molar-refractivity contribution is 6.32. The lowest BCUT2D eigenvalue weighted by atomic mass is 10.1. The lowest BCUT2D eigenvalue weighted by Gasteiger charge is -2.20. The second-order valence-corrected chi connectivity index (χ2v) is 6.87. The summed E-state index contributed by atoms with van der Waals surface area (Å²) in [6.45, 7) is 13.2. The molecule has 0 saturated carbocycles. The Hall–Kier alpha value is -1.39. The fourth-order valence-corrected chi connectivity index (χ4v) is 2.29. The van der Waals surface area contributed by atoms with Crippen molar-refractivity contribution in [2.45, 2.75) is 53.6 Å². The van der Waals surface area contributed by atoms with Crippen LogP contribution in [-0.2, 0) is 6.54 Å². The first-order valence-electron chi connectivity index (χ1n) is 7.11. The van der Waals surface area contributed by atoms with E-state index in [1.807, 2.05) is 30.8 Å². The summed E-state index contributed by atoms with van der Waals surface area (Å²) in [5.41, 5.74) is 4.38. The number of halogens is 1. The molecular weight excluding hydrogens is 284 g/mol.